The van der Waals surface area contributed by atoms with Crippen LogP contribution in [0.25, 0.3) is 0 Å². The van der Waals surface area contributed by atoms with E-state index in [0.717, 1.165) is 0 Å². The number of hydrazone groups is 1. The van der Waals surface area contributed by atoms with E-state index in [1.807, 2.05) is 0 Å². The minimum absolute atomic E-state index is 0.0703. The molecule has 28 heavy (non-hydrogen) atoms. The van der Waals surface area contributed by atoms with Crippen LogP contribution in [0.1, 0.15) is 22.3 Å². The molecule has 0 aliphatic carbocycles. The molecular weight excluding hydrogens is 377 g/mol. The molecule has 0 fully saturated rings. The van der Waals surface area contributed by atoms with Gasteiger partial charge in [0.15, 0.2) is 0 Å². The minimum Gasteiger partial charge on any atom is -0.497 e. The Morgan fingerprint density at radius 3 is 2.32 bits per heavy atom. The SMILES string of the molecule is COc1ccc(C(=O)N2N=C(c3cccc(OC)c3)C[C@@]2(O)C(F)(F)F)cc1. The number of alkyl halides is 3. The Morgan fingerprint density at radius 2 is 1.75 bits per heavy atom. The van der Waals surface area contributed by atoms with E-state index in [4.69, 9.17) is 9.47 Å². The molecule has 2 aromatic carbocycles. The van der Waals surface area contributed by atoms with Gasteiger partial charge in [-0.25, -0.2) is 0 Å². The molecule has 0 aromatic heterocycles. The summed E-state index contributed by atoms with van der Waals surface area (Å²) in [5.74, 6) is -0.235. The number of rotatable bonds is 4. The van der Waals surface area contributed by atoms with Crippen molar-refractivity contribution in [3.8, 4) is 11.5 Å². The average molecular weight is 394 g/mol. The Hall–Kier alpha value is -3.07. The lowest BCUT2D eigenvalue weighted by atomic mass is 10.0. The van der Waals surface area contributed by atoms with Gasteiger partial charge in [0, 0.05) is 11.1 Å². The second-order valence-electron chi connectivity index (χ2n) is 6.12. The highest BCUT2D eigenvalue weighted by Gasteiger charge is 2.63. The van der Waals surface area contributed by atoms with E-state index in [-0.39, 0.29) is 16.3 Å². The van der Waals surface area contributed by atoms with Crippen LogP contribution in [-0.2, 0) is 0 Å². The Balaban J connectivity index is 2.02. The third-order valence-corrected chi connectivity index (χ3v) is 4.37. The van der Waals surface area contributed by atoms with E-state index < -0.39 is 24.2 Å². The van der Waals surface area contributed by atoms with E-state index in [1.165, 1.54) is 50.6 Å². The molecule has 1 amide bonds. The highest BCUT2D eigenvalue weighted by molar-refractivity contribution is 6.05. The molecule has 1 heterocycles. The first-order valence-corrected chi connectivity index (χ1v) is 8.19. The maximum atomic E-state index is 13.7. The molecule has 0 radical (unpaired) electrons. The highest BCUT2D eigenvalue weighted by Crippen LogP contribution is 2.42. The number of hydrogen-bond acceptors (Lipinski definition) is 5. The molecular formula is C19H17F3N2O4. The first-order chi connectivity index (χ1) is 13.2. The van der Waals surface area contributed by atoms with E-state index in [9.17, 15) is 23.1 Å². The monoisotopic (exact) mass is 394 g/mol. The zero-order valence-electron chi connectivity index (χ0n) is 15.0. The first kappa shape index (κ1) is 19.7. The van der Waals surface area contributed by atoms with Crippen LogP contribution >= 0.6 is 0 Å². The Morgan fingerprint density at radius 1 is 1.11 bits per heavy atom. The predicted octanol–water partition coefficient (Wildman–Crippen LogP) is 3.20. The van der Waals surface area contributed by atoms with Gasteiger partial charge in [-0.1, -0.05) is 12.1 Å². The number of nitrogens with zero attached hydrogens (tertiary/aromatic N) is 2. The van der Waals surface area contributed by atoms with Gasteiger partial charge in [-0.2, -0.15) is 23.3 Å². The van der Waals surface area contributed by atoms with Crippen LogP contribution in [0.15, 0.2) is 53.6 Å². The third kappa shape index (κ3) is 3.40. The highest BCUT2D eigenvalue weighted by atomic mass is 19.4. The molecule has 3 rings (SSSR count). The average Bonchev–Trinajstić information content (AvgIpc) is 3.06. The van der Waals surface area contributed by atoms with Crippen LogP contribution < -0.4 is 9.47 Å². The van der Waals surface area contributed by atoms with Crippen molar-refractivity contribution in [3.63, 3.8) is 0 Å². The quantitative estimate of drug-likeness (QED) is 0.865. The van der Waals surface area contributed by atoms with E-state index in [0.29, 0.717) is 17.1 Å². The lowest BCUT2D eigenvalue weighted by Crippen LogP contribution is -2.56. The molecule has 1 atom stereocenters. The number of halogens is 3. The van der Waals surface area contributed by atoms with Crippen LogP contribution in [0.3, 0.4) is 0 Å². The second kappa shape index (κ2) is 7.16. The van der Waals surface area contributed by atoms with Crippen molar-refractivity contribution < 1.29 is 32.5 Å². The van der Waals surface area contributed by atoms with Gasteiger partial charge in [0.1, 0.15) is 11.5 Å². The van der Waals surface area contributed by atoms with E-state index in [2.05, 4.69) is 5.10 Å². The molecule has 0 spiro atoms. The summed E-state index contributed by atoms with van der Waals surface area (Å²) in [6, 6.07) is 11.7. The standard InChI is InChI=1S/C19H17F3N2O4/c1-27-14-8-6-12(7-9-14)17(25)24-18(26,19(20,21)22)11-16(23-24)13-4-3-5-15(10-13)28-2/h3-10,26H,11H2,1-2H3/t18-/m1/s1. The number of hydrogen-bond donors (Lipinski definition) is 1. The minimum atomic E-state index is -5.11. The number of amides is 1. The maximum Gasteiger partial charge on any atom is 0.438 e. The number of benzene rings is 2. The predicted molar refractivity (Wildman–Crippen MR) is 94.3 cm³/mol. The van der Waals surface area contributed by atoms with E-state index in [1.54, 1.807) is 12.1 Å². The summed E-state index contributed by atoms with van der Waals surface area (Å²) in [5.41, 5.74) is -3.30. The smallest absolute Gasteiger partial charge is 0.438 e. The summed E-state index contributed by atoms with van der Waals surface area (Å²) in [7, 11) is 2.84. The van der Waals surface area contributed by atoms with Crippen molar-refractivity contribution >= 4 is 11.6 Å². The molecule has 0 saturated carbocycles. The summed E-state index contributed by atoms with van der Waals surface area (Å²) in [6.07, 6.45) is -6.01. The van der Waals surface area contributed by atoms with Crippen molar-refractivity contribution in [2.45, 2.75) is 18.3 Å². The lowest BCUT2D eigenvalue weighted by Gasteiger charge is -2.32. The molecule has 148 valence electrons. The van der Waals surface area contributed by atoms with Gasteiger partial charge >= 0.3 is 6.18 Å². The molecule has 0 saturated heterocycles. The number of methoxy groups -OCH3 is 2. The molecule has 1 aliphatic rings. The number of aliphatic hydroxyl groups is 1. The van der Waals surface area contributed by atoms with Crippen molar-refractivity contribution in [2.24, 2.45) is 5.10 Å². The van der Waals surface area contributed by atoms with Gasteiger partial charge in [-0.05, 0) is 36.4 Å². The zero-order chi connectivity index (χ0) is 20.5. The Labute approximate surface area is 158 Å². The zero-order valence-corrected chi connectivity index (χ0v) is 15.0. The van der Waals surface area contributed by atoms with Gasteiger partial charge in [-0.15, -0.1) is 0 Å². The summed E-state index contributed by atoms with van der Waals surface area (Å²) in [6.45, 7) is 0. The van der Waals surface area contributed by atoms with Crippen molar-refractivity contribution in [1.82, 2.24) is 5.01 Å². The third-order valence-electron chi connectivity index (χ3n) is 4.37. The summed E-state index contributed by atoms with van der Waals surface area (Å²) in [5, 5.41) is 14.3. The maximum absolute atomic E-state index is 13.7. The largest absolute Gasteiger partial charge is 0.497 e. The van der Waals surface area contributed by atoms with Crippen LogP contribution in [0, 0.1) is 0 Å². The fourth-order valence-electron chi connectivity index (χ4n) is 2.80. The summed E-state index contributed by atoms with van der Waals surface area (Å²) in [4.78, 5) is 12.7. The van der Waals surface area contributed by atoms with E-state index >= 15 is 0 Å². The summed E-state index contributed by atoms with van der Waals surface area (Å²) < 4.78 is 51.0. The molecule has 1 aliphatic heterocycles. The number of carbonyl (C=O) groups excluding carboxylic acids is 1. The second-order valence-corrected chi connectivity index (χ2v) is 6.12. The fourth-order valence-corrected chi connectivity index (χ4v) is 2.80. The Kier molecular flexibility index (Phi) is 5.03. The molecule has 6 nitrogen and oxygen atoms in total. The molecule has 2 aromatic rings. The molecule has 9 heteroatoms. The van der Waals surface area contributed by atoms with Crippen LogP contribution in [0.5, 0.6) is 11.5 Å². The molecule has 0 unspecified atom stereocenters. The van der Waals surface area contributed by atoms with Crippen LogP contribution in [0.4, 0.5) is 13.2 Å². The molecule has 1 N–H and O–H groups in total. The van der Waals surface area contributed by atoms with Gasteiger partial charge in [0.05, 0.1) is 26.4 Å². The number of carbonyl (C=O) groups is 1. The van der Waals surface area contributed by atoms with Crippen molar-refractivity contribution in [3.05, 3.63) is 59.7 Å². The van der Waals surface area contributed by atoms with Crippen molar-refractivity contribution in [1.29, 1.82) is 0 Å². The van der Waals surface area contributed by atoms with Gasteiger partial charge < -0.3 is 14.6 Å². The number of ether oxygens (including phenoxy) is 2. The van der Waals surface area contributed by atoms with Crippen LogP contribution in [-0.4, -0.2) is 47.9 Å². The Bertz CT molecular complexity index is 912. The normalized spacial score (nSPS) is 19.4. The summed E-state index contributed by atoms with van der Waals surface area (Å²) >= 11 is 0. The molecule has 0 bridgehead atoms. The van der Waals surface area contributed by atoms with Crippen molar-refractivity contribution in [2.75, 3.05) is 14.2 Å². The fraction of sp³-hybridized carbons (Fsp3) is 0.263. The van der Waals surface area contributed by atoms with Crippen LogP contribution in [0.2, 0.25) is 0 Å². The first-order valence-electron chi connectivity index (χ1n) is 8.19. The topological polar surface area (TPSA) is 71.4 Å². The van der Waals surface area contributed by atoms with Gasteiger partial charge in [0.2, 0.25) is 0 Å². The lowest BCUT2D eigenvalue weighted by molar-refractivity contribution is -0.297. The van der Waals surface area contributed by atoms with Gasteiger partial charge in [-0.3, -0.25) is 4.79 Å². The van der Waals surface area contributed by atoms with Gasteiger partial charge in [0.25, 0.3) is 11.6 Å².